The molecule has 0 unspecified atom stereocenters. The van der Waals surface area contributed by atoms with Crippen LogP contribution >= 0.6 is 0 Å². The van der Waals surface area contributed by atoms with E-state index < -0.39 is 0 Å². The molecule has 1 aromatic heterocycles. The highest BCUT2D eigenvalue weighted by molar-refractivity contribution is 5.95. The van der Waals surface area contributed by atoms with Crippen molar-refractivity contribution < 1.29 is 14.0 Å². The minimum atomic E-state index is -0.0717. The molecule has 3 aromatic carbocycles. The van der Waals surface area contributed by atoms with Gasteiger partial charge in [0.1, 0.15) is 0 Å². The fourth-order valence-corrected chi connectivity index (χ4v) is 4.18. The van der Waals surface area contributed by atoms with Crippen LogP contribution in [0.15, 0.2) is 83.3 Å². The molecule has 7 heteroatoms. The normalized spacial score (nSPS) is 14.0. The van der Waals surface area contributed by atoms with Gasteiger partial charge in [0.2, 0.25) is 11.8 Å². The molecule has 1 N–H and O–H groups in total. The Bertz CT molecular complexity index is 1310. The lowest BCUT2D eigenvalue weighted by atomic mass is 10.0. The summed E-state index contributed by atoms with van der Waals surface area (Å²) in [5.41, 5.74) is 4.05. The van der Waals surface area contributed by atoms with Gasteiger partial charge >= 0.3 is 0 Å². The highest BCUT2D eigenvalue weighted by atomic mass is 16.4. The predicted octanol–water partition coefficient (Wildman–Crippen LogP) is 4.75. The Hall–Kier alpha value is -4.26. The van der Waals surface area contributed by atoms with Crippen molar-refractivity contribution in [3.63, 3.8) is 0 Å². The number of hydrogen-bond acceptors (Lipinski definition) is 5. The standard InChI is InChI=1S/C28H26N4O3/c1-19-7-9-21(10-8-19)26-30-31-27(35-26)22-11-13-23(14-12-22)28(34)32-17-15-24(16-18-32)29-25(33)20-5-3-2-4-6-20/h2-14,24H,15-18H2,1H3,(H,29,33). The van der Waals surface area contributed by atoms with E-state index in [1.54, 1.807) is 24.3 Å². The van der Waals surface area contributed by atoms with Crippen LogP contribution in [0.3, 0.4) is 0 Å². The Morgan fingerprint density at radius 2 is 1.37 bits per heavy atom. The van der Waals surface area contributed by atoms with Gasteiger partial charge in [-0.1, -0.05) is 35.9 Å². The molecule has 2 amide bonds. The second-order valence-corrected chi connectivity index (χ2v) is 8.76. The second kappa shape index (κ2) is 9.93. The number of rotatable bonds is 5. The molecule has 0 aliphatic carbocycles. The van der Waals surface area contributed by atoms with Gasteiger partial charge in [0.05, 0.1) is 0 Å². The van der Waals surface area contributed by atoms with Crippen molar-refractivity contribution in [3.05, 3.63) is 95.6 Å². The van der Waals surface area contributed by atoms with Crippen LogP contribution < -0.4 is 5.32 Å². The van der Waals surface area contributed by atoms with E-state index >= 15 is 0 Å². The van der Waals surface area contributed by atoms with Crippen molar-refractivity contribution in [3.8, 4) is 22.9 Å². The van der Waals surface area contributed by atoms with Crippen LogP contribution in [0.2, 0.25) is 0 Å². The van der Waals surface area contributed by atoms with E-state index in [4.69, 9.17) is 4.42 Å². The molecule has 35 heavy (non-hydrogen) atoms. The van der Waals surface area contributed by atoms with Gasteiger partial charge in [0.25, 0.3) is 11.8 Å². The van der Waals surface area contributed by atoms with Crippen molar-refractivity contribution in [1.82, 2.24) is 20.4 Å². The zero-order valence-corrected chi connectivity index (χ0v) is 19.5. The van der Waals surface area contributed by atoms with Crippen molar-refractivity contribution in [1.29, 1.82) is 0 Å². The van der Waals surface area contributed by atoms with Gasteiger partial charge in [0.15, 0.2) is 0 Å². The Kier molecular flexibility index (Phi) is 6.39. The first kappa shape index (κ1) is 22.5. The maximum atomic E-state index is 13.0. The molecule has 1 aliphatic rings. The fourth-order valence-electron chi connectivity index (χ4n) is 4.18. The summed E-state index contributed by atoms with van der Waals surface area (Å²) in [7, 11) is 0. The zero-order chi connectivity index (χ0) is 24.2. The average Bonchev–Trinajstić information content (AvgIpc) is 3.40. The number of amides is 2. The Balaban J connectivity index is 1.18. The van der Waals surface area contributed by atoms with Gasteiger partial charge in [-0.25, -0.2) is 0 Å². The summed E-state index contributed by atoms with van der Waals surface area (Å²) in [6, 6.07) is 24.4. The van der Waals surface area contributed by atoms with E-state index in [9.17, 15) is 9.59 Å². The molecule has 0 atom stereocenters. The summed E-state index contributed by atoms with van der Waals surface area (Å²) in [6.45, 7) is 3.23. The minimum absolute atomic E-state index is 0.0183. The first-order valence-electron chi connectivity index (χ1n) is 11.7. The van der Waals surface area contributed by atoms with E-state index in [0.717, 1.165) is 29.5 Å². The minimum Gasteiger partial charge on any atom is -0.416 e. The van der Waals surface area contributed by atoms with Crippen LogP contribution in [0, 0.1) is 6.92 Å². The van der Waals surface area contributed by atoms with E-state index in [1.807, 2.05) is 66.4 Å². The van der Waals surface area contributed by atoms with Gasteiger partial charge in [0, 0.05) is 41.4 Å². The van der Waals surface area contributed by atoms with E-state index in [-0.39, 0.29) is 17.9 Å². The van der Waals surface area contributed by atoms with Gasteiger partial charge in [-0.05, 0) is 68.3 Å². The van der Waals surface area contributed by atoms with Gasteiger partial charge in [-0.3, -0.25) is 9.59 Å². The van der Waals surface area contributed by atoms with Gasteiger partial charge in [-0.15, -0.1) is 10.2 Å². The topological polar surface area (TPSA) is 88.3 Å². The zero-order valence-electron chi connectivity index (χ0n) is 19.5. The number of piperidine rings is 1. The molecule has 7 nitrogen and oxygen atoms in total. The first-order valence-corrected chi connectivity index (χ1v) is 11.7. The molecule has 0 radical (unpaired) electrons. The predicted molar refractivity (Wildman–Crippen MR) is 133 cm³/mol. The van der Waals surface area contributed by atoms with E-state index in [0.29, 0.717) is 36.0 Å². The molecule has 0 bridgehead atoms. The van der Waals surface area contributed by atoms with Crippen molar-refractivity contribution in [2.45, 2.75) is 25.8 Å². The maximum absolute atomic E-state index is 13.0. The van der Waals surface area contributed by atoms with Crippen molar-refractivity contribution in [2.24, 2.45) is 0 Å². The summed E-state index contributed by atoms with van der Waals surface area (Å²) in [6.07, 6.45) is 1.46. The van der Waals surface area contributed by atoms with Crippen LogP contribution in [-0.4, -0.2) is 46.0 Å². The largest absolute Gasteiger partial charge is 0.416 e. The fraction of sp³-hybridized carbons (Fsp3) is 0.214. The lowest BCUT2D eigenvalue weighted by molar-refractivity contribution is 0.0698. The highest BCUT2D eigenvalue weighted by Gasteiger charge is 2.25. The van der Waals surface area contributed by atoms with Crippen LogP contribution in [0.5, 0.6) is 0 Å². The summed E-state index contributed by atoms with van der Waals surface area (Å²) in [4.78, 5) is 27.2. The van der Waals surface area contributed by atoms with Gasteiger partial charge in [-0.2, -0.15) is 0 Å². The van der Waals surface area contributed by atoms with E-state index in [1.165, 1.54) is 0 Å². The quantitative estimate of drug-likeness (QED) is 0.459. The molecule has 4 aromatic rings. The first-order chi connectivity index (χ1) is 17.1. The molecule has 1 fully saturated rings. The maximum Gasteiger partial charge on any atom is 0.253 e. The summed E-state index contributed by atoms with van der Waals surface area (Å²) < 4.78 is 5.84. The van der Waals surface area contributed by atoms with Crippen LogP contribution in [-0.2, 0) is 0 Å². The Morgan fingerprint density at radius 1 is 0.800 bits per heavy atom. The Morgan fingerprint density at radius 3 is 1.97 bits per heavy atom. The lowest BCUT2D eigenvalue weighted by Gasteiger charge is -2.32. The van der Waals surface area contributed by atoms with Crippen molar-refractivity contribution in [2.75, 3.05) is 13.1 Å². The molecule has 0 saturated carbocycles. The summed E-state index contributed by atoms with van der Waals surface area (Å²) in [5.74, 6) is 0.782. The third-order valence-corrected chi connectivity index (χ3v) is 6.26. The second-order valence-electron chi connectivity index (χ2n) is 8.76. The summed E-state index contributed by atoms with van der Waals surface area (Å²) >= 11 is 0. The van der Waals surface area contributed by atoms with Crippen LogP contribution in [0.25, 0.3) is 22.9 Å². The third kappa shape index (κ3) is 5.14. The third-order valence-electron chi connectivity index (χ3n) is 6.26. The molecular formula is C28H26N4O3. The van der Waals surface area contributed by atoms with Crippen molar-refractivity contribution >= 4 is 11.8 Å². The molecule has 2 heterocycles. The molecular weight excluding hydrogens is 440 g/mol. The monoisotopic (exact) mass is 466 g/mol. The number of nitrogens with zero attached hydrogens (tertiary/aromatic N) is 3. The van der Waals surface area contributed by atoms with Crippen LogP contribution in [0.1, 0.15) is 39.1 Å². The number of carbonyl (C=O) groups excluding carboxylic acids is 2. The highest BCUT2D eigenvalue weighted by Crippen LogP contribution is 2.25. The lowest BCUT2D eigenvalue weighted by Crippen LogP contribution is -2.46. The molecule has 176 valence electrons. The number of aromatic nitrogens is 2. The Labute approximate surface area is 203 Å². The number of likely N-dealkylation sites (tertiary alicyclic amines) is 1. The average molecular weight is 467 g/mol. The molecule has 1 aliphatic heterocycles. The summed E-state index contributed by atoms with van der Waals surface area (Å²) in [5, 5.41) is 11.4. The number of benzene rings is 3. The van der Waals surface area contributed by atoms with E-state index in [2.05, 4.69) is 15.5 Å². The number of carbonyl (C=O) groups is 2. The molecule has 5 rings (SSSR count). The number of hydrogen-bond donors (Lipinski definition) is 1. The number of aryl methyl sites for hydroxylation is 1. The number of nitrogens with one attached hydrogen (secondary N) is 1. The van der Waals surface area contributed by atoms with Crippen LogP contribution in [0.4, 0.5) is 0 Å². The molecule has 1 saturated heterocycles. The molecule has 0 spiro atoms. The smallest absolute Gasteiger partial charge is 0.253 e. The van der Waals surface area contributed by atoms with Gasteiger partial charge < -0.3 is 14.6 Å². The SMILES string of the molecule is Cc1ccc(-c2nnc(-c3ccc(C(=O)N4CCC(NC(=O)c5ccccc5)CC4)cc3)o2)cc1.